The summed E-state index contributed by atoms with van der Waals surface area (Å²) in [5.74, 6) is 0.102. The number of carbonyl (C=O) groups excluding carboxylic acids is 1. The Morgan fingerprint density at radius 3 is 2.44 bits per heavy atom. The average Bonchev–Trinajstić information content (AvgIpc) is 3.09. The number of hydrogen-bond donors (Lipinski definition) is 0. The number of tetrazole rings is 1. The first-order valence-corrected chi connectivity index (χ1v) is 10.1. The predicted octanol–water partition coefficient (Wildman–Crippen LogP) is 2.27. The number of nitrogens with zero attached hydrogens (tertiary/aromatic N) is 5. The second kappa shape index (κ2) is 7.45. The molecule has 0 fully saturated rings. The highest BCUT2D eigenvalue weighted by atomic mass is 35.5. The normalized spacial score (nSPS) is 11.4. The van der Waals surface area contributed by atoms with Crippen molar-refractivity contribution in [3.63, 3.8) is 0 Å². The fraction of sp³-hybridized carbons (Fsp3) is 0.176. The van der Waals surface area contributed by atoms with Crippen LogP contribution in [0, 0.1) is 0 Å². The lowest BCUT2D eigenvalue weighted by Crippen LogP contribution is -2.24. The molecule has 1 aromatic heterocycles. The highest BCUT2D eigenvalue weighted by Gasteiger charge is 2.15. The van der Waals surface area contributed by atoms with Crippen molar-refractivity contribution in [2.75, 3.05) is 17.6 Å². The van der Waals surface area contributed by atoms with Gasteiger partial charge in [0.2, 0.25) is 15.8 Å². The molecule has 3 aromatic rings. The van der Waals surface area contributed by atoms with Gasteiger partial charge in [-0.2, -0.15) is 4.80 Å². The Morgan fingerprint density at radius 1 is 1.15 bits per heavy atom. The van der Waals surface area contributed by atoms with Crippen LogP contribution in [0.4, 0.5) is 5.69 Å². The molecule has 1 heterocycles. The van der Waals surface area contributed by atoms with Crippen LogP contribution in [0.25, 0.3) is 11.4 Å². The van der Waals surface area contributed by atoms with Crippen LogP contribution < -0.4 is 4.31 Å². The summed E-state index contributed by atoms with van der Waals surface area (Å²) in [6.45, 7) is -0.0985. The second-order valence-corrected chi connectivity index (χ2v) is 8.24. The molecule has 0 aliphatic rings. The molecule has 27 heavy (non-hydrogen) atoms. The summed E-state index contributed by atoms with van der Waals surface area (Å²) in [6.07, 6.45) is 1.11. The van der Waals surface area contributed by atoms with Gasteiger partial charge in [0.1, 0.15) is 6.54 Å². The van der Waals surface area contributed by atoms with Crippen molar-refractivity contribution in [3.8, 4) is 11.4 Å². The Bertz CT molecular complexity index is 1080. The zero-order valence-corrected chi connectivity index (χ0v) is 16.1. The van der Waals surface area contributed by atoms with Gasteiger partial charge in [-0.15, -0.1) is 10.2 Å². The zero-order chi connectivity index (χ0) is 19.6. The molecule has 0 unspecified atom stereocenters. The summed E-state index contributed by atoms with van der Waals surface area (Å²) in [5, 5.41) is 12.5. The molecule has 0 atom stereocenters. The van der Waals surface area contributed by atoms with Crippen LogP contribution in [0.2, 0.25) is 5.02 Å². The highest BCUT2D eigenvalue weighted by Crippen LogP contribution is 2.23. The Balaban J connectivity index is 1.74. The fourth-order valence-electron chi connectivity index (χ4n) is 2.33. The van der Waals surface area contributed by atoms with Crippen LogP contribution in [0.5, 0.6) is 0 Å². The molecule has 0 amide bonds. The minimum absolute atomic E-state index is 0.0985. The van der Waals surface area contributed by atoms with Gasteiger partial charge >= 0.3 is 0 Å². The van der Waals surface area contributed by atoms with Crippen molar-refractivity contribution in [1.82, 2.24) is 20.2 Å². The second-order valence-electron chi connectivity index (χ2n) is 5.82. The first kappa shape index (κ1) is 19.0. The molecular formula is C17H16ClN5O3S. The number of sulfonamides is 1. The van der Waals surface area contributed by atoms with Crippen molar-refractivity contribution in [3.05, 3.63) is 59.1 Å². The summed E-state index contributed by atoms with van der Waals surface area (Å²) in [5.41, 5.74) is 1.51. The Morgan fingerprint density at radius 2 is 1.81 bits per heavy atom. The number of aromatic nitrogens is 4. The predicted molar refractivity (Wildman–Crippen MR) is 102 cm³/mol. The molecule has 0 N–H and O–H groups in total. The molecule has 0 aliphatic heterocycles. The number of hydrogen-bond acceptors (Lipinski definition) is 6. The maximum absolute atomic E-state index is 12.4. The molecule has 0 saturated heterocycles. The number of benzene rings is 2. The van der Waals surface area contributed by atoms with E-state index in [9.17, 15) is 13.2 Å². The minimum atomic E-state index is -3.36. The van der Waals surface area contributed by atoms with Crippen LogP contribution in [-0.4, -0.2) is 47.7 Å². The van der Waals surface area contributed by atoms with Crippen LogP contribution in [0.1, 0.15) is 10.4 Å². The molecule has 8 nitrogen and oxygen atoms in total. The largest absolute Gasteiger partial charge is 0.292 e. The molecule has 0 radical (unpaired) electrons. The van der Waals surface area contributed by atoms with E-state index in [0.717, 1.165) is 10.6 Å². The summed E-state index contributed by atoms with van der Waals surface area (Å²) >= 11 is 6.11. The van der Waals surface area contributed by atoms with E-state index in [1.54, 1.807) is 42.5 Å². The summed E-state index contributed by atoms with van der Waals surface area (Å²) < 4.78 is 24.3. The Kier molecular flexibility index (Phi) is 5.24. The van der Waals surface area contributed by atoms with Gasteiger partial charge in [-0.1, -0.05) is 23.7 Å². The van der Waals surface area contributed by atoms with Gasteiger partial charge in [0.05, 0.1) is 17.0 Å². The molecule has 0 saturated carbocycles. The molecule has 0 spiro atoms. The van der Waals surface area contributed by atoms with Crippen molar-refractivity contribution in [2.45, 2.75) is 6.54 Å². The van der Waals surface area contributed by atoms with Gasteiger partial charge in [0.25, 0.3) is 0 Å². The number of carbonyl (C=O) groups is 1. The third kappa shape index (κ3) is 4.32. The monoisotopic (exact) mass is 405 g/mol. The number of halogens is 1. The van der Waals surface area contributed by atoms with E-state index in [0.29, 0.717) is 27.7 Å². The van der Waals surface area contributed by atoms with Gasteiger partial charge in [0, 0.05) is 18.2 Å². The zero-order valence-electron chi connectivity index (χ0n) is 14.6. The SMILES string of the molecule is CN(c1ccc(C(=O)Cn2nnc(-c3ccccc3Cl)n2)cc1)S(C)(=O)=O. The van der Waals surface area contributed by atoms with Gasteiger partial charge < -0.3 is 0 Å². The topological polar surface area (TPSA) is 98.1 Å². The molecule has 0 bridgehead atoms. The van der Waals surface area contributed by atoms with E-state index in [-0.39, 0.29) is 12.3 Å². The average molecular weight is 406 g/mol. The fourth-order valence-corrected chi connectivity index (χ4v) is 3.05. The number of rotatable bonds is 6. The van der Waals surface area contributed by atoms with Gasteiger partial charge in [0.15, 0.2) is 5.78 Å². The molecule has 3 rings (SSSR count). The van der Waals surface area contributed by atoms with Crippen LogP contribution in [-0.2, 0) is 16.6 Å². The number of Topliss-reactive ketones (excluding diaryl/α,β-unsaturated/α-hetero) is 1. The van der Waals surface area contributed by atoms with E-state index < -0.39 is 10.0 Å². The maximum Gasteiger partial charge on any atom is 0.231 e. The third-order valence-corrected chi connectivity index (χ3v) is 5.44. The van der Waals surface area contributed by atoms with Crippen molar-refractivity contribution >= 4 is 33.1 Å². The smallest absolute Gasteiger partial charge is 0.231 e. The van der Waals surface area contributed by atoms with Crippen molar-refractivity contribution in [2.24, 2.45) is 0 Å². The lowest BCUT2D eigenvalue weighted by molar-refractivity contribution is 0.0961. The number of ketones is 1. The van der Waals surface area contributed by atoms with Crippen molar-refractivity contribution in [1.29, 1.82) is 0 Å². The summed E-state index contributed by atoms with van der Waals surface area (Å²) in [4.78, 5) is 13.6. The van der Waals surface area contributed by atoms with Crippen molar-refractivity contribution < 1.29 is 13.2 Å². The Labute approximate surface area is 161 Å². The molecule has 10 heteroatoms. The highest BCUT2D eigenvalue weighted by molar-refractivity contribution is 7.92. The van der Waals surface area contributed by atoms with Gasteiger partial charge in [-0.3, -0.25) is 9.10 Å². The van der Waals surface area contributed by atoms with E-state index >= 15 is 0 Å². The van der Waals surface area contributed by atoms with Crippen LogP contribution >= 0.6 is 11.6 Å². The molecule has 140 valence electrons. The maximum atomic E-state index is 12.4. The quantitative estimate of drug-likeness (QED) is 0.583. The van der Waals surface area contributed by atoms with E-state index in [4.69, 9.17) is 11.6 Å². The van der Waals surface area contributed by atoms with Gasteiger partial charge in [-0.05, 0) is 41.6 Å². The lowest BCUT2D eigenvalue weighted by Gasteiger charge is -2.16. The molecule has 0 aliphatic carbocycles. The first-order chi connectivity index (χ1) is 12.8. The standard InChI is InChI=1S/C17H16ClN5O3S/c1-22(27(2,25)26)13-9-7-12(8-10-13)16(24)11-23-20-17(19-21-23)14-5-3-4-6-15(14)18/h3-10H,11H2,1-2H3. The van der Waals surface area contributed by atoms with Crippen LogP contribution in [0.3, 0.4) is 0 Å². The van der Waals surface area contributed by atoms with E-state index in [1.165, 1.54) is 11.8 Å². The van der Waals surface area contributed by atoms with E-state index in [1.807, 2.05) is 6.07 Å². The van der Waals surface area contributed by atoms with Crippen LogP contribution in [0.15, 0.2) is 48.5 Å². The summed E-state index contributed by atoms with van der Waals surface area (Å²) in [6, 6.07) is 13.3. The molecule has 2 aromatic carbocycles. The minimum Gasteiger partial charge on any atom is -0.292 e. The molecular weight excluding hydrogens is 390 g/mol. The first-order valence-electron chi connectivity index (χ1n) is 7.85. The van der Waals surface area contributed by atoms with E-state index in [2.05, 4.69) is 15.4 Å². The van der Waals surface area contributed by atoms with Gasteiger partial charge in [-0.25, -0.2) is 8.42 Å². The third-order valence-electron chi connectivity index (χ3n) is 3.90. The lowest BCUT2D eigenvalue weighted by atomic mass is 10.1. The summed E-state index contributed by atoms with van der Waals surface area (Å²) in [7, 11) is -1.91. The Hall–Kier alpha value is -2.78. The number of anilines is 1.